The fourth-order valence-electron chi connectivity index (χ4n) is 14.5. The van der Waals surface area contributed by atoms with Crippen molar-refractivity contribution in [3.63, 3.8) is 0 Å². The first-order valence-electron chi connectivity index (χ1n) is 34.4. The van der Waals surface area contributed by atoms with Crippen molar-refractivity contribution < 1.29 is 87.2 Å². The van der Waals surface area contributed by atoms with Crippen molar-refractivity contribution in [3.05, 3.63) is 167 Å². The van der Waals surface area contributed by atoms with Crippen molar-refractivity contribution in [3.8, 4) is 28.7 Å². The molecule has 5 aromatic carbocycles. The number of ether oxygens (including phenoxy) is 7. The van der Waals surface area contributed by atoms with E-state index in [2.05, 4.69) is 0 Å². The van der Waals surface area contributed by atoms with Gasteiger partial charge in [0.15, 0.2) is 0 Å². The lowest BCUT2D eigenvalue weighted by Crippen LogP contribution is -2.43. The van der Waals surface area contributed by atoms with E-state index >= 15 is 0 Å². The maximum Gasteiger partial charge on any atom is 0.313 e. The van der Waals surface area contributed by atoms with E-state index in [0.29, 0.717) is 81.1 Å². The van der Waals surface area contributed by atoms with Crippen molar-refractivity contribution in [2.75, 3.05) is 35.5 Å². The molecule has 0 heterocycles. The highest BCUT2D eigenvalue weighted by Crippen LogP contribution is 2.72. The van der Waals surface area contributed by atoms with E-state index < -0.39 is 110 Å². The number of carbonyl (C=O) groups excluding carboxylic acids is 4. The molecule has 0 spiro atoms. The van der Waals surface area contributed by atoms with Crippen LogP contribution in [0.4, 0.5) is 28.4 Å². The summed E-state index contributed by atoms with van der Waals surface area (Å²) in [4.78, 5) is 106. The molecule has 8 atom stereocenters. The fourth-order valence-corrected chi connectivity index (χ4v) is 15.2. The summed E-state index contributed by atoms with van der Waals surface area (Å²) in [5.41, 5.74) is -4.84. The molecular weight excluding hydrogens is 1490 g/mol. The number of nitrogens with zero attached hydrogens (tertiary/aromatic N) is 5. The van der Waals surface area contributed by atoms with Gasteiger partial charge in [-0.1, -0.05) is 118 Å². The molecule has 580 valence electrons. The lowest BCUT2D eigenvalue weighted by atomic mass is 9.65. The highest BCUT2D eigenvalue weighted by atomic mass is 127. The van der Waals surface area contributed by atoms with Crippen LogP contribution in [0.5, 0.6) is 28.7 Å². The number of nitro benzene ring substituents is 5. The highest BCUT2D eigenvalue weighted by molar-refractivity contribution is 14.1. The van der Waals surface area contributed by atoms with Crippen LogP contribution in [-0.2, 0) is 28.7 Å². The average Bonchev–Trinajstić information content (AvgIpc) is 1.53. The summed E-state index contributed by atoms with van der Waals surface area (Å²) in [6, 6.07) is 22.3. The van der Waals surface area contributed by atoms with Crippen molar-refractivity contribution in [1.29, 1.82) is 0 Å². The van der Waals surface area contributed by atoms with Crippen LogP contribution in [0.3, 0.4) is 0 Å². The Labute approximate surface area is 631 Å². The number of aliphatic hydroxyl groups excluding tert-OH is 2. The second-order valence-corrected chi connectivity index (χ2v) is 33.5. The van der Waals surface area contributed by atoms with Gasteiger partial charge in [0.1, 0.15) is 52.5 Å². The zero-order valence-corrected chi connectivity index (χ0v) is 66.7. The first-order valence-corrected chi connectivity index (χ1v) is 35.5. The number of ketones is 2. The molecule has 106 heavy (non-hydrogen) atoms. The predicted octanol–water partition coefficient (Wildman–Crippen LogP) is 17.6. The molecule has 0 amide bonds. The molecule has 5 aromatic rings. The smallest absolute Gasteiger partial charge is 0.313 e. The number of nitro groups is 5. The number of halogens is 1. The van der Waals surface area contributed by atoms with Gasteiger partial charge < -0.3 is 43.4 Å². The summed E-state index contributed by atoms with van der Waals surface area (Å²) in [5.74, 6) is 2.08. The van der Waals surface area contributed by atoms with Gasteiger partial charge in [-0.15, -0.1) is 0 Å². The first-order chi connectivity index (χ1) is 48.8. The Hall–Kier alpha value is -8.97. The fraction of sp³-hybridized carbons (Fsp3) is 0.558. The second-order valence-electron chi connectivity index (χ2n) is 32.3. The lowest BCUT2D eigenvalue weighted by molar-refractivity contribution is -0.386. The number of aliphatic hydroxyl groups is 2. The Morgan fingerprint density at radius 3 is 0.962 bits per heavy atom. The molecule has 0 saturated heterocycles. The van der Waals surface area contributed by atoms with Crippen molar-refractivity contribution in [1.82, 2.24) is 0 Å². The topological polar surface area (TPSA) is 389 Å². The monoisotopic (exact) mass is 1590 g/mol. The molecular formula is C77H102IN5O23. The molecule has 0 radical (unpaired) electrons. The van der Waals surface area contributed by atoms with Gasteiger partial charge >= 0.3 is 11.9 Å². The van der Waals surface area contributed by atoms with Gasteiger partial charge in [0.25, 0.3) is 28.4 Å². The third-order valence-corrected chi connectivity index (χ3v) is 22.9. The standard InChI is InChI=1S/2C23H31NO6.2C12H17NO4.C7H6INO3/c2*1-20(2,3)18(15-12-14(29-7)8-9-16(15)24(27)28)30-19(26)23-11-10-22(6,17(25)13-23)21(23,4)5;1-12(2,3)11(14)9-7-8(17-4)5-6-10(9)13(15)16;1-8(2)6-12(14)10-7-9(17-3)4-5-11(10)13(15)16;1-12-5-2-3-7(9(10)11)6(8)4-5/h2*8-9,12,18H,10-11,13H2,1-7H3;5-7,11,14H,1-4H3;4-5,7-8,12,14H,6H2,1-3H3;2-4H,1H3/t18?,22-,23+;18-,22+,23-;11-;;/m011../s1. The number of hydrogen-bond acceptors (Lipinski definition) is 23. The summed E-state index contributed by atoms with van der Waals surface area (Å²) in [5, 5.41) is 75.7. The molecule has 4 bridgehead atoms. The van der Waals surface area contributed by atoms with Crippen LogP contribution < -0.4 is 23.7 Å². The highest BCUT2D eigenvalue weighted by Gasteiger charge is 2.75. The summed E-state index contributed by atoms with van der Waals surface area (Å²) >= 11 is 1.90. The number of methoxy groups -OCH3 is 5. The largest absolute Gasteiger partial charge is 0.497 e. The Kier molecular flexibility index (Phi) is 27.7. The number of benzene rings is 5. The van der Waals surface area contributed by atoms with Gasteiger partial charge in [0.05, 0.1) is 109 Å². The number of esters is 2. The van der Waals surface area contributed by atoms with Crippen molar-refractivity contribution in [2.45, 2.75) is 187 Å². The van der Waals surface area contributed by atoms with E-state index in [1.165, 1.54) is 102 Å². The minimum Gasteiger partial charge on any atom is -0.497 e. The lowest BCUT2D eigenvalue weighted by Gasteiger charge is -2.40. The summed E-state index contributed by atoms with van der Waals surface area (Å²) in [6.07, 6.45) is -0.241. The molecule has 29 heteroatoms. The first kappa shape index (κ1) is 87.7. The molecule has 0 aromatic heterocycles. The van der Waals surface area contributed by atoms with E-state index in [0.717, 1.165) is 0 Å². The van der Waals surface area contributed by atoms with Crippen molar-refractivity contribution >= 4 is 74.5 Å². The maximum absolute atomic E-state index is 13.6. The second kappa shape index (κ2) is 33.4. The Bertz CT molecular complexity index is 3990. The van der Waals surface area contributed by atoms with Crippen LogP contribution in [0.25, 0.3) is 0 Å². The quantitative estimate of drug-likeness (QED) is 0.0316. The van der Waals surface area contributed by atoms with Gasteiger partial charge in [-0.25, -0.2) is 0 Å². The Morgan fingerprint density at radius 1 is 0.443 bits per heavy atom. The maximum atomic E-state index is 13.6. The van der Waals surface area contributed by atoms with E-state index in [1.807, 2.05) is 140 Å². The molecule has 4 aliphatic carbocycles. The van der Waals surface area contributed by atoms with Crippen LogP contribution >= 0.6 is 22.6 Å². The summed E-state index contributed by atoms with van der Waals surface area (Å²) in [7, 11) is 7.45. The van der Waals surface area contributed by atoms with Crippen LogP contribution in [0, 0.1) is 109 Å². The third kappa shape index (κ3) is 18.0. The number of rotatable bonds is 20. The SMILES string of the molecule is COc1ccc([N+](=O)[O-])c(C(O)CC(C)C)c1.COc1ccc([N+](=O)[O-])c(C(OC(=O)[C@@]23CC[C@@](C)(C(=O)C2)C3(C)C)C(C)(C)C)c1.COc1ccc([N+](=O)[O-])c(I)c1.COc1ccc([N+](=O)[O-])c([C@@H](O)C(C)(C)C)c1.COc1ccc([N+](=O)[O-])c([C@@H](OC(=O)[C@@]23CC[C@@](C)(C(=O)C2)C3(C)C)C(C)(C)C)c1. The van der Waals surface area contributed by atoms with Gasteiger partial charge in [-0.2, -0.15) is 0 Å². The van der Waals surface area contributed by atoms with Crippen LogP contribution in [-0.4, -0.2) is 93.9 Å². The molecule has 4 fully saturated rings. The molecule has 28 nitrogen and oxygen atoms in total. The molecule has 9 rings (SSSR count). The molecule has 2 unspecified atom stereocenters. The minimum absolute atomic E-state index is 0.0704. The van der Waals surface area contributed by atoms with E-state index in [1.54, 1.807) is 24.3 Å². The Balaban J connectivity index is 0.000000248. The van der Waals surface area contributed by atoms with Gasteiger partial charge in [-0.3, -0.25) is 69.7 Å². The predicted molar refractivity (Wildman–Crippen MR) is 403 cm³/mol. The van der Waals surface area contributed by atoms with E-state index in [-0.39, 0.29) is 64.3 Å². The van der Waals surface area contributed by atoms with Crippen LogP contribution in [0.1, 0.15) is 209 Å². The van der Waals surface area contributed by atoms with Crippen LogP contribution in [0.15, 0.2) is 91.0 Å². The summed E-state index contributed by atoms with van der Waals surface area (Å²) < 4.78 is 38.2. The normalized spacial score (nSPS) is 21.2. The molecule has 4 aliphatic rings. The van der Waals surface area contributed by atoms with Gasteiger partial charge in [-0.05, 0) is 131 Å². The molecule has 2 N–H and O–H groups in total. The number of hydrogen-bond donors (Lipinski definition) is 2. The molecule has 4 saturated carbocycles. The van der Waals surface area contributed by atoms with Crippen LogP contribution in [0.2, 0.25) is 0 Å². The van der Waals surface area contributed by atoms with Crippen molar-refractivity contribution in [2.24, 2.45) is 54.7 Å². The average molecular weight is 1590 g/mol. The number of carbonyl (C=O) groups is 4. The minimum atomic E-state index is -0.919. The van der Waals surface area contributed by atoms with Gasteiger partial charge in [0, 0.05) is 70.9 Å². The van der Waals surface area contributed by atoms with E-state index in [4.69, 9.17) is 33.2 Å². The zero-order valence-electron chi connectivity index (χ0n) is 64.6. The number of Topliss-reactive ketones (excluding diaryl/α,β-unsaturated/α-hetero) is 2. The van der Waals surface area contributed by atoms with E-state index in [9.17, 15) is 80.0 Å². The summed E-state index contributed by atoms with van der Waals surface area (Å²) in [6.45, 7) is 32.3. The Morgan fingerprint density at radius 2 is 0.717 bits per heavy atom. The third-order valence-electron chi connectivity index (χ3n) is 22.0. The number of fused-ring (bicyclic) bond motifs is 4. The molecule has 0 aliphatic heterocycles. The zero-order chi connectivity index (χ0) is 80.7. The van der Waals surface area contributed by atoms with Gasteiger partial charge in [0.2, 0.25) is 0 Å².